The summed E-state index contributed by atoms with van der Waals surface area (Å²) in [5.41, 5.74) is 2.26. The van der Waals surface area contributed by atoms with Crippen LogP contribution in [0.25, 0.3) is 11.4 Å². The number of alkyl halides is 2. The van der Waals surface area contributed by atoms with Crippen molar-refractivity contribution in [2.24, 2.45) is 0 Å². The van der Waals surface area contributed by atoms with Gasteiger partial charge in [0.05, 0.1) is 11.4 Å². The monoisotopic (exact) mass is 476 g/mol. The molecule has 0 radical (unpaired) electrons. The lowest BCUT2D eigenvalue weighted by Gasteiger charge is -2.34. The normalized spacial score (nSPS) is 15.2. The summed E-state index contributed by atoms with van der Waals surface area (Å²) in [6.07, 6.45) is 0. The van der Waals surface area contributed by atoms with Crippen LogP contribution in [0.2, 0.25) is 0 Å². The van der Waals surface area contributed by atoms with Crippen molar-refractivity contribution in [2.45, 2.75) is 24.1 Å². The smallest absolute Gasteiger partial charge is 0.338 e. The fourth-order valence-electron chi connectivity index (χ4n) is 3.51. The summed E-state index contributed by atoms with van der Waals surface area (Å²) in [7, 11) is -4.68. The van der Waals surface area contributed by atoms with Gasteiger partial charge in [-0.3, -0.25) is 9.69 Å². The van der Waals surface area contributed by atoms with Crippen molar-refractivity contribution in [1.29, 1.82) is 0 Å². The van der Waals surface area contributed by atoms with E-state index < -0.39 is 20.5 Å². The molecule has 0 saturated carbocycles. The average molecular weight is 477 g/mol. The first-order valence-corrected chi connectivity index (χ1v) is 11.8. The number of aromatic nitrogens is 2. The van der Waals surface area contributed by atoms with Crippen LogP contribution in [0.15, 0.2) is 57.9 Å². The topological polar surface area (TPSA) is 96.6 Å². The molecular formula is C22H22F2N4O4S. The molecule has 1 aromatic heterocycles. The number of carbonyl (C=O) groups is 1. The molecule has 174 valence electrons. The van der Waals surface area contributed by atoms with E-state index >= 15 is 0 Å². The van der Waals surface area contributed by atoms with Gasteiger partial charge in [0.15, 0.2) is 0 Å². The quantitative estimate of drug-likeness (QED) is 0.540. The van der Waals surface area contributed by atoms with E-state index in [0.29, 0.717) is 44.4 Å². The number of aryl methyl sites for hydroxylation is 1. The van der Waals surface area contributed by atoms with Gasteiger partial charge in [-0.1, -0.05) is 35.0 Å². The lowest BCUT2D eigenvalue weighted by atomic mass is 10.1. The van der Waals surface area contributed by atoms with Crippen molar-refractivity contribution in [3.05, 3.63) is 65.5 Å². The molecule has 0 spiro atoms. The van der Waals surface area contributed by atoms with Crippen LogP contribution in [0.4, 0.5) is 8.78 Å². The van der Waals surface area contributed by atoms with E-state index in [1.807, 2.05) is 31.2 Å². The molecule has 0 bridgehead atoms. The van der Waals surface area contributed by atoms with Gasteiger partial charge in [0, 0.05) is 37.3 Å². The molecule has 0 unspecified atom stereocenters. The predicted molar refractivity (Wildman–Crippen MR) is 115 cm³/mol. The maximum absolute atomic E-state index is 12.7. The minimum absolute atomic E-state index is 0.247. The molecule has 1 fully saturated rings. The van der Waals surface area contributed by atoms with Crippen molar-refractivity contribution in [2.75, 3.05) is 26.2 Å². The Balaban J connectivity index is 1.32. The maximum Gasteiger partial charge on any atom is 0.341 e. The molecule has 0 N–H and O–H groups in total. The van der Waals surface area contributed by atoms with Crippen molar-refractivity contribution in [3.8, 4) is 11.4 Å². The summed E-state index contributed by atoms with van der Waals surface area (Å²) in [6.45, 7) is 4.55. The number of halogens is 2. The number of sulfone groups is 1. The van der Waals surface area contributed by atoms with Gasteiger partial charge in [-0.05, 0) is 31.2 Å². The fraction of sp³-hybridized carbons (Fsp3) is 0.318. The Bertz CT molecular complexity index is 1220. The zero-order valence-electron chi connectivity index (χ0n) is 17.8. The summed E-state index contributed by atoms with van der Waals surface area (Å²) >= 11 is 0. The van der Waals surface area contributed by atoms with Gasteiger partial charge in [0.1, 0.15) is 0 Å². The zero-order valence-corrected chi connectivity index (χ0v) is 18.6. The second-order valence-corrected chi connectivity index (χ2v) is 9.69. The molecule has 1 aliphatic heterocycles. The lowest BCUT2D eigenvalue weighted by molar-refractivity contribution is 0.0615. The highest BCUT2D eigenvalue weighted by molar-refractivity contribution is 7.91. The van der Waals surface area contributed by atoms with Gasteiger partial charge in [-0.2, -0.15) is 13.8 Å². The highest BCUT2D eigenvalue weighted by Gasteiger charge is 2.28. The predicted octanol–water partition coefficient (Wildman–Crippen LogP) is 3.00. The molecule has 1 saturated heterocycles. The molecule has 4 rings (SSSR count). The zero-order chi connectivity index (χ0) is 23.6. The Hall–Kier alpha value is -3.18. The number of rotatable bonds is 6. The third-order valence-corrected chi connectivity index (χ3v) is 6.86. The van der Waals surface area contributed by atoms with Crippen LogP contribution in [-0.4, -0.2) is 66.2 Å². The van der Waals surface area contributed by atoms with E-state index in [1.165, 1.54) is 12.1 Å². The van der Waals surface area contributed by atoms with Crippen molar-refractivity contribution >= 4 is 15.7 Å². The molecule has 0 aliphatic carbocycles. The summed E-state index contributed by atoms with van der Waals surface area (Å²) in [5.74, 6) is -2.77. The number of nitrogens with zero attached hydrogens (tertiary/aromatic N) is 4. The molecular weight excluding hydrogens is 454 g/mol. The van der Waals surface area contributed by atoms with Crippen LogP contribution in [0.3, 0.4) is 0 Å². The first-order chi connectivity index (χ1) is 15.7. The van der Waals surface area contributed by atoms with E-state index in [1.54, 1.807) is 4.90 Å². The van der Waals surface area contributed by atoms with Crippen LogP contribution in [-0.2, 0) is 16.4 Å². The highest BCUT2D eigenvalue weighted by Crippen LogP contribution is 2.20. The van der Waals surface area contributed by atoms with Gasteiger partial charge in [0.25, 0.3) is 5.91 Å². The standard InChI is InChI=1S/C22H22F2N4O4S/c1-15-2-4-16(5-3-15)20-25-19(32-26-20)14-27-10-12-28(13-11-27)21(29)17-6-8-18(9-7-17)33(30,31)22(23)24/h2-9,22H,10-14H2,1H3. The summed E-state index contributed by atoms with van der Waals surface area (Å²) in [5, 5.41) is 4.03. The molecule has 11 heteroatoms. The third kappa shape index (κ3) is 5.09. The van der Waals surface area contributed by atoms with Gasteiger partial charge >= 0.3 is 5.76 Å². The van der Waals surface area contributed by atoms with Gasteiger partial charge in [0.2, 0.25) is 21.6 Å². The first-order valence-electron chi connectivity index (χ1n) is 10.3. The van der Waals surface area contributed by atoms with Crippen LogP contribution in [0.1, 0.15) is 21.8 Å². The number of hydrogen-bond acceptors (Lipinski definition) is 7. The number of amides is 1. The van der Waals surface area contributed by atoms with Gasteiger partial charge in [-0.25, -0.2) is 8.42 Å². The molecule has 1 amide bonds. The molecule has 0 atom stereocenters. The van der Waals surface area contributed by atoms with E-state index in [4.69, 9.17) is 4.52 Å². The highest BCUT2D eigenvalue weighted by atomic mass is 32.2. The van der Waals surface area contributed by atoms with Crippen molar-refractivity contribution in [3.63, 3.8) is 0 Å². The van der Waals surface area contributed by atoms with E-state index in [0.717, 1.165) is 23.3 Å². The molecule has 3 aromatic rings. The van der Waals surface area contributed by atoms with E-state index in [9.17, 15) is 22.0 Å². The molecule has 2 heterocycles. The summed E-state index contributed by atoms with van der Waals surface area (Å²) in [4.78, 5) is 20.4. The minimum atomic E-state index is -4.68. The molecule has 33 heavy (non-hydrogen) atoms. The fourth-order valence-corrected chi connectivity index (χ4v) is 4.23. The van der Waals surface area contributed by atoms with Crippen LogP contribution in [0, 0.1) is 6.92 Å². The summed E-state index contributed by atoms with van der Waals surface area (Å²) in [6, 6.07) is 12.4. The lowest BCUT2D eigenvalue weighted by Crippen LogP contribution is -2.48. The van der Waals surface area contributed by atoms with Gasteiger partial charge < -0.3 is 9.42 Å². The van der Waals surface area contributed by atoms with E-state index in [2.05, 4.69) is 15.0 Å². The molecule has 8 nitrogen and oxygen atoms in total. The first kappa shape index (κ1) is 23.0. The van der Waals surface area contributed by atoms with Crippen LogP contribution in [0.5, 0.6) is 0 Å². The maximum atomic E-state index is 12.7. The Morgan fingerprint density at radius 2 is 1.67 bits per heavy atom. The van der Waals surface area contributed by atoms with Crippen LogP contribution < -0.4 is 0 Å². The molecule has 2 aromatic carbocycles. The molecule has 1 aliphatic rings. The minimum Gasteiger partial charge on any atom is -0.338 e. The third-order valence-electron chi connectivity index (χ3n) is 5.46. The Morgan fingerprint density at radius 1 is 1.03 bits per heavy atom. The Labute approximate surface area is 189 Å². The summed E-state index contributed by atoms with van der Waals surface area (Å²) < 4.78 is 53.7. The number of piperazine rings is 1. The second kappa shape index (κ2) is 9.36. The Kier molecular flexibility index (Phi) is 6.52. The van der Waals surface area contributed by atoms with Crippen molar-refractivity contribution < 1.29 is 26.5 Å². The largest absolute Gasteiger partial charge is 0.341 e. The van der Waals surface area contributed by atoms with Crippen molar-refractivity contribution in [1.82, 2.24) is 19.9 Å². The van der Waals surface area contributed by atoms with Crippen LogP contribution >= 0.6 is 0 Å². The Morgan fingerprint density at radius 3 is 2.27 bits per heavy atom. The van der Waals surface area contributed by atoms with E-state index in [-0.39, 0.29) is 11.5 Å². The SMILES string of the molecule is Cc1ccc(-c2noc(CN3CCN(C(=O)c4ccc(S(=O)(=O)C(F)F)cc4)CC3)n2)cc1. The average Bonchev–Trinajstić information content (AvgIpc) is 3.28. The second-order valence-electron chi connectivity index (χ2n) is 7.78. The number of hydrogen-bond donors (Lipinski definition) is 0. The number of benzene rings is 2. The number of carbonyl (C=O) groups excluding carboxylic acids is 1. The van der Waals surface area contributed by atoms with Gasteiger partial charge in [-0.15, -0.1) is 0 Å².